The molecule has 2 amide bonds. The quantitative estimate of drug-likeness (QED) is 0.342. The molecular formula is C7H7N2O2. The zero-order chi connectivity index (χ0) is 8.27. The summed E-state index contributed by atoms with van der Waals surface area (Å²) < 4.78 is 0. The maximum Gasteiger partial charge on any atom is 0.263 e. The maximum absolute atomic E-state index is 10.7. The summed E-state index contributed by atoms with van der Waals surface area (Å²) in [6.07, 6.45) is 5.01. The molecule has 0 aromatic rings. The lowest BCUT2D eigenvalue weighted by molar-refractivity contribution is -0.136. The van der Waals surface area contributed by atoms with Gasteiger partial charge in [0.2, 0.25) is 0 Å². The Labute approximate surface area is 64.6 Å². The average molecular weight is 151 g/mol. The first kappa shape index (κ1) is 7.76. The molecule has 1 aliphatic heterocycles. The number of amides is 2. The third-order valence-corrected chi connectivity index (χ3v) is 1.28. The summed E-state index contributed by atoms with van der Waals surface area (Å²) in [6, 6.07) is 0. The Hall–Kier alpha value is -1.34. The minimum atomic E-state index is -0.406. The first-order chi connectivity index (χ1) is 5.22. The van der Waals surface area contributed by atoms with Crippen molar-refractivity contribution in [3.63, 3.8) is 0 Å². The number of piperazine rings is 1. The van der Waals surface area contributed by atoms with Crippen molar-refractivity contribution in [3.8, 4) is 12.3 Å². The molecule has 0 atom stereocenters. The fraction of sp³-hybridized carbons (Fsp3) is 0.429. The molecule has 4 nitrogen and oxygen atoms in total. The standard InChI is InChI=1S/C7H7N2O2/c1-2-3-9-4-6(10)8-7(11)5-9/h1H,3-5H2. The van der Waals surface area contributed by atoms with Crippen LogP contribution in [0.1, 0.15) is 0 Å². The number of rotatable bonds is 1. The van der Waals surface area contributed by atoms with E-state index in [-0.39, 0.29) is 13.1 Å². The number of imide groups is 1. The fourth-order valence-electron chi connectivity index (χ4n) is 0.889. The van der Waals surface area contributed by atoms with E-state index in [1.807, 2.05) is 0 Å². The smallest absolute Gasteiger partial charge is 0.263 e. The molecule has 0 aromatic carbocycles. The topological polar surface area (TPSA) is 51.5 Å². The maximum atomic E-state index is 10.7. The van der Waals surface area contributed by atoms with Crippen molar-refractivity contribution in [3.05, 3.63) is 0 Å². The molecule has 4 heteroatoms. The Morgan fingerprint density at radius 2 is 2.00 bits per heavy atom. The molecule has 0 N–H and O–H groups in total. The van der Waals surface area contributed by atoms with Crippen LogP contribution in [0.2, 0.25) is 0 Å². The van der Waals surface area contributed by atoms with Gasteiger partial charge in [0.05, 0.1) is 19.6 Å². The molecule has 0 bridgehead atoms. The summed E-state index contributed by atoms with van der Waals surface area (Å²) in [5, 5.41) is 3.23. The molecule has 0 saturated carbocycles. The van der Waals surface area contributed by atoms with Crippen molar-refractivity contribution in [1.29, 1.82) is 0 Å². The highest BCUT2D eigenvalue weighted by atomic mass is 16.2. The van der Waals surface area contributed by atoms with Crippen LogP contribution in [0.15, 0.2) is 0 Å². The Balaban J connectivity index is 2.51. The lowest BCUT2D eigenvalue weighted by Crippen LogP contribution is -2.47. The van der Waals surface area contributed by atoms with Gasteiger partial charge in [0.25, 0.3) is 11.8 Å². The third kappa shape index (κ3) is 2.06. The van der Waals surface area contributed by atoms with Crippen molar-refractivity contribution in [2.24, 2.45) is 0 Å². The van der Waals surface area contributed by atoms with Gasteiger partial charge >= 0.3 is 0 Å². The molecule has 1 saturated heterocycles. The highest BCUT2D eigenvalue weighted by Gasteiger charge is 2.22. The van der Waals surface area contributed by atoms with E-state index in [0.717, 1.165) is 0 Å². The van der Waals surface area contributed by atoms with Crippen LogP contribution >= 0.6 is 0 Å². The van der Waals surface area contributed by atoms with Crippen molar-refractivity contribution in [2.75, 3.05) is 19.6 Å². The second-order valence-electron chi connectivity index (χ2n) is 2.25. The van der Waals surface area contributed by atoms with Gasteiger partial charge in [0, 0.05) is 0 Å². The second-order valence-corrected chi connectivity index (χ2v) is 2.25. The minimum absolute atomic E-state index is 0.163. The first-order valence-corrected chi connectivity index (χ1v) is 3.15. The number of hydrogen-bond donors (Lipinski definition) is 0. The zero-order valence-electron chi connectivity index (χ0n) is 5.91. The normalized spacial score (nSPS) is 19.2. The number of nitrogens with zero attached hydrogens (tertiary/aromatic N) is 2. The van der Waals surface area contributed by atoms with Crippen LogP contribution in [0.5, 0.6) is 0 Å². The lowest BCUT2D eigenvalue weighted by atomic mass is 10.3. The molecular weight excluding hydrogens is 144 g/mol. The predicted molar refractivity (Wildman–Crippen MR) is 37.4 cm³/mol. The molecule has 0 aromatic heterocycles. The molecule has 1 heterocycles. The van der Waals surface area contributed by atoms with Gasteiger partial charge in [-0.2, -0.15) is 5.32 Å². The summed E-state index contributed by atoms with van der Waals surface area (Å²) >= 11 is 0. The van der Waals surface area contributed by atoms with Gasteiger partial charge in [-0.1, -0.05) is 5.92 Å². The predicted octanol–water partition coefficient (Wildman–Crippen LogP) is -1.41. The third-order valence-electron chi connectivity index (χ3n) is 1.28. The minimum Gasteiger partial charge on any atom is -0.274 e. The van der Waals surface area contributed by atoms with Crippen LogP contribution < -0.4 is 5.32 Å². The van der Waals surface area contributed by atoms with E-state index in [4.69, 9.17) is 6.42 Å². The molecule has 1 rings (SSSR count). The van der Waals surface area contributed by atoms with E-state index in [1.165, 1.54) is 0 Å². The molecule has 1 radical (unpaired) electrons. The van der Waals surface area contributed by atoms with E-state index in [2.05, 4.69) is 11.2 Å². The van der Waals surface area contributed by atoms with Crippen molar-refractivity contribution in [2.45, 2.75) is 0 Å². The van der Waals surface area contributed by atoms with Gasteiger partial charge in [-0.3, -0.25) is 14.5 Å². The molecule has 1 aliphatic rings. The van der Waals surface area contributed by atoms with Crippen LogP contribution in [-0.2, 0) is 9.59 Å². The van der Waals surface area contributed by atoms with Gasteiger partial charge < -0.3 is 0 Å². The van der Waals surface area contributed by atoms with Gasteiger partial charge in [-0.25, -0.2) is 0 Å². The highest BCUT2D eigenvalue weighted by Crippen LogP contribution is 1.93. The van der Waals surface area contributed by atoms with Crippen LogP contribution in [-0.4, -0.2) is 36.3 Å². The van der Waals surface area contributed by atoms with Gasteiger partial charge in [-0.15, -0.1) is 6.42 Å². The van der Waals surface area contributed by atoms with Crippen molar-refractivity contribution < 1.29 is 9.59 Å². The SMILES string of the molecule is C#CCN1CC(=O)[N]C(=O)C1. The molecule has 0 unspecified atom stereocenters. The summed E-state index contributed by atoms with van der Waals surface area (Å²) in [5.74, 6) is 1.55. The second kappa shape index (κ2) is 3.17. The van der Waals surface area contributed by atoms with E-state index in [9.17, 15) is 9.59 Å². The summed E-state index contributed by atoms with van der Waals surface area (Å²) in [6.45, 7) is 0.652. The molecule has 0 spiro atoms. The van der Waals surface area contributed by atoms with Crippen LogP contribution in [0, 0.1) is 12.3 Å². The summed E-state index contributed by atoms with van der Waals surface area (Å²) in [4.78, 5) is 22.9. The molecule has 0 aliphatic carbocycles. The number of hydrogen-bond acceptors (Lipinski definition) is 3. The summed E-state index contributed by atoms with van der Waals surface area (Å²) in [5.41, 5.74) is 0. The fourth-order valence-corrected chi connectivity index (χ4v) is 0.889. The van der Waals surface area contributed by atoms with Crippen molar-refractivity contribution in [1.82, 2.24) is 10.2 Å². The Morgan fingerprint density at radius 3 is 2.45 bits per heavy atom. The molecule has 1 fully saturated rings. The Morgan fingerprint density at radius 1 is 1.45 bits per heavy atom. The van der Waals surface area contributed by atoms with E-state index in [1.54, 1.807) is 4.90 Å². The van der Waals surface area contributed by atoms with Crippen LogP contribution in [0.4, 0.5) is 0 Å². The number of carbonyl (C=O) groups is 2. The number of terminal acetylenes is 1. The van der Waals surface area contributed by atoms with Crippen LogP contribution in [0.25, 0.3) is 0 Å². The van der Waals surface area contributed by atoms with Gasteiger partial charge in [0.1, 0.15) is 0 Å². The largest absolute Gasteiger partial charge is 0.274 e. The van der Waals surface area contributed by atoms with Gasteiger partial charge in [0.15, 0.2) is 0 Å². The van der Waals surface area contributed by atoms with E-state index in [0.29, 0.717) is 6.54 Å². The number of carbonyl (C=O) groups excluding carboxylic acids is 2. The highest BCUT2D eigenvalue weighted by molar-refractivity contribution is 5.98. The molecule has 57 valence electrons. The van der Waals surface area contributed by atoms with Crippen LogP contribution in [0.3, 0.4) is 0 Å². The summed E-state index contributed by atoms with van der Waals surface area (Å²) in [7, 11) is 0. The first-order valence-electron chi connectivity index (χ1n) is 3.15. The zero-order valence-corrected chi connectivity index (χ0v) is 5.91. The van der Waals surface area contributed by atoms with E-state index >= 15 is 0 Å². The average Bonchev–Trinajstić information content (AvgIpc) is 1.85. The Bertz CT molecular complexity index is 213. The molecule has 11 heavy (non-hydrogen) atoms. The van der Waals surface area contributed by atoms with E-state index < -0.39 is 11.8 Å². The Kier molecular flexibility index (Phi) is 2.24. The lowest BCUT2D eigenvalue weighted by Gasteiger charge is -2.20. The monoisotopic (exact) mass is 151 g/mol. The van der Waals surface area contributed by atoms with Gasteiger partial charge in [-0.05, 0) is 0 Å². The van der Waals surface area contributed by atoms with Crippen molar-refractivity contribution >= 4 is 11.8 Å².